The highest BCUT2D eigenvalue weighted by molar-refractivity contribution is 7.89. The van der Waals surface area contributed by atoms with Crippen molar-refractivity contribution in [2.75, 3.05) is 32.7 Å². The van der Waals surface area contributed by atoms with E-state index in [9.17, 15) is 8.42 Å². The van der Waals surface area contributed by atoms with Gasteiger partial charge in [0.1, 0.15) is 12.4 Å². The minimum absolute atomic E-state index is 0.0753. The molecule has 0 saturated carbocycles. The summed E-state index contributed by atoms with van der Waals surface area (Å²) in [5.74, 6) is 0.542. The molecule has 1 rings (SSSR count). The van der Waals surface area contributed by atoms with Crippen LogP contribution >= 0.6 is 0 Å². The molecule has 0 atom stereocenters. The van der Waals surface area contributed by atoms with E-state index in [1.54, 1.807) is 7.11 Å². The van der Waals surface area contributed by atoms with Gasteiger partial charge in [-0.3, -0.25) is 0 Å². The summed E-state index contributed by atoms with van der Waals surface area (Å²) in [6.07, 6.45) is 0. The number of primary sulfonamides is 1. The van der Waals surface area contributed by atoms with Crippen molar-refractivity contribution < 1.29 is 22.6 Å². The maximum atomic E-state index is 10.6. The van der Waals surface area contributed by atoms with E-state index in [0.717, 1.165) is 11.3 Å². The third-order valence-corrected chi connectivity index (χ3v) is 2.95. The lowest BCUT2D eigenvalue weighted by molar-refractivity contribution is 0.111. The Labute approximate surface area is 113 Å². The van der Waals surface area contributed by atoms with Gasteiger partial charge < -0.3 is 14.2 Å². The molecule has 0 aliphatic carbocycles. The molecule has 0 aliphatic heterocycles. The fourth-order valence-electron chi connectivity index (χ4n) is 1.39. The Balaban J connectivity index is 2.20. The summed E-state index contributed by atoms with van der Waals surface area (Å²) in [5.41, 5.74) is 1.02. The van der Waals surface area contributed by atoms with Crippen molar-refractivity contribution >= 4 is 10.0 Å². The first-order chi connectivity index (χ1) is 9.01. The van der Waals surface area contributed by atoms with E-state index in [2.05, 4.69) is 0 Å². The van der Waals surface area contributed by atoms with Crippen LogP contribution in [-0.2, 0) is 26.1 Å². The van der Waals surface area contributed by atoms with Gasteiger partial charge in [0, 0.05) is 7.11 Å². The summed E-state index contributed by atoms with van der Waals surface area (Å²) >= 11 is 0. The molecule has 0 unspecified atom stereocenters. The SMILES string of the molecule is COCc1cccc(OCCOCCS(N)(=O)=O)c1. The standard InChI is InChI=1S/C12H19NO5S/c1-16-10-11-3-2-4-12(9-11)18-6-5-17-7-8-19(13,14)15/h2-4,9H,5-8,10H2,1H3,(H2,13,14,15). The van der Waals surface area contributed by atoms with Gasteiger partial charge in [-0.05, 0) is 17.7 Å². The molecule has 0 radical (unpaired) electrons. The first-order valence-electron chi connectivity index (χ1n) is 5.80. The summed E-state index contributed by atoms with van der Waals surface area (Å²) in [7, 11) is -1.82. The van der Waals surface area contributed by atoms with Crippen molar-refractivity contribution in [1.82, 2.24) is 0 Å². The molecule has 6 nitrogen and oxygen atoms in total. The number of sulfonamides is 1. The van der Waals surface area contributed by atoms with Gasteiger partial charge in [0.25, 0.3) is 0 Å². The van der Waals surface area contributed by atoms with E-state index < -0.39 is 10.0 Å². The molecule has 7 heteroatoms. The molecular weight excluding hydrogens is 270 g/mol. The van der Waals surface area contributed by atoms with E-state index in [0.29, 0.717) is 19.8 Å². The lowest BCUT2D eigenvalue weighted by Crippen LogP contribution is -2.21. The molecule has 0 bridgehead atoms. The minimum atomic E-state index is -3.46. The predicted molar refractivity (Wildman–Crippen MR) is 71.4 cm³/mol. The predicted octanol–water partition coefficient (Wildman–Crippen LogP) is 0.517. The molecule has 108 valence electrons. The molecular formula is C12H19NO5S. The Hall–Kier alpha value is -1.15. The Morgan fingerprint density at radius 3 is 2.68 bits per heavy atom. The maximum absolute atomic E-state index is 10.6. The first-order valence-corrected chi connectivity index (χ1v) is 7.52. The molecule has 0 fully saturated rings. The van der Waals surface area contributed by atoms with Gasteiger partial charge in [0.05, 0.1) is 25.6 Å². The van der Waals surface area contributed by atoms with Crippen molar-refractivity contribution in [3.63, 3.8) is 0 Å². The fraction of sp³-hybridized carbons (Fsp3) is 0.500. The van der Waals surface area contributed by atoms with Crippen LogP contribution in [0.1, 0.15) is 5.56 Å². The number of nitrogens with two attached hydrogens (primary N) is 1. The normalized spacial score (nSPS) is 11.5. The van der Waals surface area contributed by atoms with Crippen molar-refractivity contribution in [3.8, 4) is 5.75 Å². The zero-order chi connectivity index (χ0) is 14.1. The quantitative estimate of drug-likeness (QED) is 0.669. The van der Waals surface area contributed by atoms with Crippen molar-refractivity contribution in [3.05, 3.63) is 29.8 Å². The zero-order valence-electron chi connectivity index (χ0n) is 10.9. The third-order valence-electron chi connectivity index (χ3n) is 2.22. The second-order valence-corrected chi connectivity index (χ2v) is 5.64. The summed E-state index contributed by atoms with van der Waals surface area (Å²) in [5, 5.41) is 4.84. The van der Waals surface area contributed by atoms with Crippen LogP contribution in [0.2, 0.25) is 0 Å². The molecule has 0 amide bonds. The van der Waals surface area contributed by atoms with Gasteiger partial charge in [0.15, 0.2) is 0 Å². The van der Waals surface area contributed by atoms with Crippen LogP contribution in [0.3, 0.4) is 0 Å². The topological polar surface area (TPSA) is 87.8 Å². The first kappa shape index (κ1) is 15.9. The Morgan fingerprint density at radius 1 is 1.21 bits per heavy atom. The second-order valence-electron chi connectivity index (χ2n) is 3.91. The second kappa shape index (κ2) is 8.11. The van der Waals surface area contributed by atoms with Crippen LogP contribution < -0.4 is 9.88 Å². The molecule has 0 saturated heterocycles. The van der Waals surface area contributed by atoms with E-state index in [1.165, 1.54) is 0 Å². The van der Waals surface area contributed by atoms with Crippen LogP contribution in [0.25, 0.3) is 0 Å². The smallest absolute Gasteiger partial charge is 0.211 e. The van der Waals surface area contributed by atoms with E-state index >= 15 is 0 Å². The molecule has 0 aromatic heterocycles. The number of hydrogen-bond donors (Lipinski definition) is 1. The number of benzene rings is 1. The maximum Gasteiger partial charge on any atom is 0.211 e. The van der Waals surface area contributed by atoms with Gasteiger partial charge in [0.2, 0.25) is 10.0 Å². The minimum Gasteiger partial charge on any atom is -0.491 e. The van der Waals surface area contributed by atoms with Crippen molar-refractivity contribution in [1.29, 1.82) is 0 Å². The summed E-state index contributed by atoms with van der Waals surface area (Å²) in [6, 6.07) is 7.54. The molecule has 2 N–H and O–H groups in total. The van der Waals surface area contributed by atoms with E-state index in [1.807, 2.05) is 24.3 Å². The highest BCUT2D eigenvalue weighted by Crippen LogP contribution is 2.13. The molecule has 19 heavy (non-hydrogen) atoms. The molecule has 0 spiro atoms. The largest absolute Gasteiger partial charge is 0.491 e. The molecule has 1 aromatic carbocycles. The van der Waals surface area contributed by atoms with Gasteiger partial charge in [-0.25, -0.2) is 13.6 Å². The van der Waals surface area contributed by atoms with Gasteiger partial charge in [-0.1, -0.05) is 12.1 Å². The molecule has 0 aliphatic rings. The van der Waals surface area contributed by atoms with Crippen molar-refractivity contribution in [2.45, 2.75) is 6.61 Å². The lowest BCUT2D eigenvalue weighted by Gasteiger charge is -2.08. The van der Waals surface area contributed by atoms with E-state index in [4.69, 9.17) is 19.3 Å². The monoisotopic (exact) mass is 289 g/mol. The van der Waals surface area contributed by atoms with Crippen LogP contribution in [-0.4, -0.2) is 41.1 Å². The summed E-state index contributed by atoms with van der Waals surface area (Å²) in [4.78, 5) is 0. The van der Waals surface area contributed by atoms with Crippen LogP contribution in [0.15, 0.2) is 24.3 Å². The van der Waals surface area contributed by atoms with Crippen molar-refractivity contribution in [2.24, 2.45) is 5.14 Å². The van der Waals surface area contributed by atoms with Crippen LogP contribution in [0, 0.1) is 0 Å². The lowest BCUT2D eigenvalue weighted by atomic mass is 10.2. The van der Waals surface area contributed by atoms with Gasteiger partial charge >= 0.3 is 0 Å². The average Bonchev–Trinajstić information content (AvgIpc) is 2.33. The zero-order valence-corrected chi connectivity index (χ0v) is 11.7. The Bertz CT molecular complexity index is 475. The summed E-state index contributed by atoms with van der Waals surface area (Å²) < 4.78 is 36.9. The molecule has 1 aromatic rings. The number of hydrogen-bond acceptors (Lipinski definition) is 5. The number of rotatable bonds is 9. The van der Waals surface area contributed by atoms with Gasteiger partial charge in [-0.2, -0.15) is 0 Å². The third kappa shape index (κ3) is 7.78. The highest BCUT2D eigenvalue weighted by atomic mass is 32.2. The Kier molecular flexibility index (Phi) is 6.79. The Morgan fingerprint density at radius 2 is 2.00 bits per heavy atom. The summed E-state index contributed by atoms with van der Waals surface area (Å²) in [6.45, 7) is 1.26. The van der Waals surface area contributed by atoms with Crippen LogP contribution in [0.5, 0.6) is 5.75 Å². The molecule has 0 heterocycles. The van der Waals surface area contributed by atoms with Gasteiger partial charge in [-0.15, -0.1) is 0 Å². The number of ether oxygens (including phenoxy) is 3. The fourth-order valence-corrected chi connectivity index (χ4v) is 1.74. The number of methoxy groups -OCH3 is 1. The average molecular weight is 289 g/mol. The highest BCUT2D eigenvalue weighted by Gasteiger charge is 2.02. The van der Waals surface area contributed by atoms with Crippen LogP contribution in [0.4, 0.5) is 0 Å². The van der Waals surface area contributed by atoms with E-state index in [-0.39, 0.29) is 12.4 Å².